The molecule has 0 heterocycles. The summed E-state index contributed by atoms with van der Waals surface area (Å²) in [5, 5.41) is 33.5. The van der Waals surface area contributed by atoms with Crippen LogP contribution in [0.25, 0.3) is 0 Å². The van der Waals surface area contributed by atoms with Crippen molar-refractivity contribution in [2.24, 2.45) is 0 Å². The molecular formula is C44H88O8. The zero-order valence-electron chi connectivity index (χ0n) is 34.9. The highest BCUT2D eigenvalue weighted by atomic mass is 16.4. The third-order valence-corrected chi connectivity index (χ3v) is 8.98. The summed E-state index contributed by atoms with van der Waals surface area (Å²) in [4.78, 5) is 40.7. The number of carboxylic acid groups (broad SMARTS) is 4. The zero-order valence-corrected chi connectivity index (χ0v) is 34.9. The van der Waals surface area contributed by atoms with Gasteiger partial charge in [-0.25, -0.2) is 0 Å². The van der Waals surface area contributed by atoms with Crippen LogP contribution in [0.5, 0.6) is 0 Å². The van der Waals surface area contributed by atoms with E-state index in [9.17, 15) is 19.2 Å². The summed E-state index contributed by atoms with van der Waals surface area (Å²) >= 11 is 0. The second-order valence-corrected chi connectivity index (χ2v) is 14.5. The fraction of sp³-hybridized carbons (Fsp3) is 0.909. The number of unbranched alkanes of at least 4 members (excludes halogenated alkanes) is 28. The Morgan fingerprint density at radius 2 is 0.346 bits per heavy atom. The van der Waals surface area contributed by atoms with Gasteiger partial charge in [-0.1, -0.05) is 207 Å². The minimum atomic E-state index is -0.663. The monoisotopic (exact) mass is 745 g/mol. The summed E-state index contributed by atoms with van der Waals surface area (Å²) in [5.74, 6) is -2.65. The highest BCUT2D eigenvalue weighted by molar-refractivity contribution is 5.67. The maximum absolute atomic E-state index is 10.3. The Morgan fingerprint density at radius 1 is 0.231 bits per heavy atom. The van der Waals surface area contributed by atoms with Crippen LogP contribution in [0, 0.1) is 0 Å². The maximum Gasteiger partial charge on any atom is 0.303 e. The summed E-state index contributed by atoms with van der Waals surface area (Å²) in [6.07, 6.45) is 40.3. The van der Waals surface area contributed by atoms with Crippen LogP contribution in [-0.2, 0) is 19.2 Å². The van der Waals surface area contributed by atoms with Crippen molar-refractivity contribution in [1.82, 2.24) is 0 Å². The summed E-state index contributed by atoms with van der Waals surface area (Å²) in [6.45, 7) is 8.84. The molecule has 0 unspecified atom stereocenters. The number of carbonyl (C=O) groups is 4. The SMILES string of the molecule is CCCCCCCCCC(=O)O.CCCCCCCCCC(=O)O.CCCCCCCCCC(=O)O.CCCCCCCCCCCCCC(=O)O. The van der Waals surface area contributed by atoms with E-state index in [1.54, 1.807) is 0 Å². The molecule has 0 aliphatic carbocycles. The molecule has 0 fully saturated rings. The molecule has 0 aliphatic rings. The van der Waals surface area contributed by atoms with Crippen molar-refractivity contribution in [3.63, 3.8) is 0 Å². The van der Waals surface area contributed by atoms with E-state index in [1.165, 1.54) is 154 Å². The number of rotatable bonds is 36. The fourth-order valence-corrected chi connectivity index (χ4v) is 5.64. The Morgan fingerprint density at radius 3 is 0.462 bits per heavy atom. The molecular weight excluding hydrogens is 656 g/mol. The first kappa shape index (κ1) is 56.6. The Hall–Kier alpha value is -2.12. The molecule has 0 aliphatic heterocycles. The summed E-state index contributed by atoms with van der Waals surface area (Å²) in [7, 11) is 0. The second kappa shape index (κ2) is 53.2. The van der Waals surface area contributed by atoms with Crippen LogP contribution in [0.4, 0.5) is 0 Å². The van der Waals surface area contributed by atoms with E-state index in [1.807, 2.05) is 0 Å². The predicted molar refractivity (Wildman–Crippen MR) is 219 cm³/mol. The predicted octanol–water partition coefficient (Wildman–Crippen LogP) is 14.4. The van der Waals surface area contributed by atoms with Crippen LogP contribution >= 0.6 is 0 Å². The van der Waals surface area contributed by atoms with Gasteiger partial charge in [0.1, 0.15) is 0 Å². The van der Waals surface area contributed by atoms with E-state index in [-0.39, 0.29) is 0 Å². The van der Waals surface area contributed by atoms with Crippen LogP contribution in [-0.4, -0.2) is 44.3 Å². The molecule has 0 aromatic rings. The van der Waals surface area contributed by atoms with Gasteiger partial charge in [0.2, 0.25) is 0 Å². The topological polar surface area (TPSA) is 149 Å². The molecule has 0 aromatic heterocycles. The molecule has 0 bridgehead atoms. The van der Waals surface area contributed by atoms with E-state index in [0.717, 1.165) is 51.4 Å². The quantitative estimate of drug-likeness (QED) is 0.0463. The lowest BCUT2D eigenvalue weighted by molar-refractivity contribution is -0.138. The smallest absolute Gasteiger partial charge is 0.303 e. The first-order valence-electron chi connectivity index (χ1n) is 22.0. The van der Waals surface area contributed by atoms with Gasteiger partial charge in [-0.15, -0.1) is 0 Å². The van der Waals surface area contributed by atoms with Crippen molar-refractivity contribution in [2.45, 2.75) is 259 Å². The van der Waals surface area contributed by atoms with Gasteiger partial charge in [0.15, 0.2) is 0 Å². The number of hydrogen-bond acceptors (Lipinski definition) is 4. The van der Waals surface area contributed by atoms with E-state index >= 15 is 0 Å². The molecule has 0 rings (SSSR count). The zero-order chi connectivity index (χ0) is 39.8. The molecule has 0 amide bonds. The molecule has 52 heavy (non-hydrogen) atoms. The molecule has 0 atom stereocenters. The van der Waals surface area contributed by atoms with E-state index in [4.69, 9.17) is 20.4 Å². The van der Waals surface area contributed by atoms with Gasteiger partial charge >= 0.3 is 23.9 Å². The fourth-order valence-electron chi connectivity index (χ4n) is 5.64. The van der Waals surface area contributed by atoms with Crippen molar-refractivity contribution in [3.05, 3.63) is 0 Å². The van der Waals surface area contributed by atoms with Gasteiger partial charge in [-0.2, -0.15) is 0 Å². The lowest BCUT2D eigenvalue weighted by Gasteiger charge is -2.01. The molecule has 0 radical (unpaired) electrons. The van der Waals surface area contributed by atoms with Crippen molar-refractivity contribution >= 4 is 23.9 Å². The number of hydrogen-bond donors (Lipinski definition) is 4. The van der Waals surface area contributed by atoms with Crippen LogP contribution < -0.4 is 0 Å². The van der Waals surface area contributed by atoms with Crippen LogP contribution in [0.1, 0.15) is 259 Å². The van der Waals surface area contributed by atoms with Crippen LogP contribution in [0.3, 0.4) is 0 Å². The lowest BCUT2D eigenvalue weighted by Crippen LogP contribution is -1.93. The molecule has 312 valence electrons. The van der Waals surface area contributed by atoms with E-state index < -0.39 is 23.9 Å². The summed E-state index contributed by atoms with van der Waals surface area (Å²) in [5.41, 5.74) is 0. The largest absolute Gasteiger partial charge is 0.481 e. The Kier molecular flexibility index (Phi) is 58.0. The lowest BCUT2D eigenvalue weighted by atomic mass is 10.1. The van der Waals surface area contributed by atoms with Gasteiger partial charge in [-0.3, -0.25) is 19.2 Å². The molecule has 4 N–H and O–H groups in total. The Balaban J connectivity index is -0.000000298. The number of aliphatic carboxylic acids is 4. The van der Waals surface area contributed by atoms with Gasteiger partial charge in [0, 0.05) is 25.7 Å². The van der Waals surface area contributed by atoms with Crippen LogP contribution in [0.2, 0.25) is 0 Å². The van der Waals surface area contributed by atoms with Gasteiger partial charge in [-0.05, 0) is 25.7 Å². The molecule has 0 saturated heterocycles. The molecule has 0 spiro atoms. The van der Waals surface area contributed by atoms with Gasteiger partial charge in [0.05, 0.1) is 0 Å². The standard InChI is InChI=1S/C14H28O2.3C10H20O2/c1-2-3-4-5-6-7-8-9-10-11-12-13-14(15)16;3*1-2-3-4-5-6-7-8-9-10(11)12/h2-13H2,1H3,(H,15,16);3*2-9H2,1H3,(H,11,12). The maximum atomic E-state index is 10.3. The van der Waals surface area contributed by atoms with Crippen molar-refractivity contribution in [2.75, 3.05) is 0 Å². The minimum absolute atomic E-state index is 0.341. The normalized spacial score (nSPS) is 10.2. The molecule has 0 saturated carbocycles. The van der Waals surface area contributed by atoms with Crippen LogP contribution in [0.15, 0.2) is 0 Å². The first-order chi connectivity index (χ1) is 25.1. The Bertz CT molecular complexity index is 658. The Labute approximate surface area is 321 Å². The summed E-state index contributed by atoms with van der Waals surface area (Å²) < 4.78 is 0. The van der Waals surface area contributed by atoms with Crippen molar-refractivity contribution in [1.29, 1.82) is 0 Å². The molecule has 8 heteroatoms. The highest BCUT2D eigenvalue weighted by Gasteiger charge is 1.99. The van der Waals surface area contributed by atoms with Crippen molar-refractivity contribution in [3.8, 4) is 0 Å². The third-order valence-electron chi connectivity index (χ3n) is 8.98. The third kappa shape index (κ3) is 73.3. The number of carboxylic acids is 4. The van der Waals surface area contributed by atoms with E-state index in [0.29, 0.717) is 25.7 Å². The van der Waals surface area contributed by atoms with Gasteiger partial charge in [0.25, 0.3) is 0 Å². The molecule has 8 nitrogen and oxygen atoms in total. The van der Waals surface area contributed by atoms with Gasteiger partial charge < -0.3 is 20.4 Å². The minimum Gasteiger partial charge on any atom is -0.481 e. The van der Waals surface area contributed by atoms with E-state index in [2.05, 4.69) is 27.7 Å². The first-order valence-corrected chi connectivity index (χ1v) is 22.0. The average Bonchev–Trinajstić information content (AvgIpc) is 3.10. The summed E-state index contributed by atoms with van der Waals surface area (Å²) in [6, 6.07) is 0. The second-order valence-electron chi connectivity index (χ2n) is 14.5. The van der Waals surface area contributed by atoms with Crippen molar-refractivity contribution < 1.29 is 39.6 Å². The molecule has 0 aromatic carbocycles. The highest BCUT2D eigenvalue weighted by Crippen LogP contribution is 2.12. The average molecular weight is 745 g/mol.